The van der Waals surface area contributed by atoms with Crippen LogP contribution in [-0.2, 0) is 5.41 Å². The number of aromatic hydroxyl groups is 1. The number of nitrogens with zero attached hydrogens (tertiary/aromatic N) is 2. The second-order valence-electron chi connectivity index (χ2n) is 4.72. The quantitative estimate of drug-likeness (QED) is 0.799. The Morgan fingerprint density at radius 2 is 1.75 bits per heavy atom. The largest absolute Gasteiger partial charge is 0.508 e. The summed E-state index contributed by atoms with van der Waals surface area (Å²) in [6, 6.07) is 6.68. The van der Waals surface area contributed by atoms with E-state index in [0.717, 1.165) is 5.56 Å². The molecule has 0 bridgehead atoms. The lowest BCUT2D eigenvalue weighted by atomic mass is 9.96. The molecule has 0 amide bonds. The van der Waals surface area contributed by atoms with E-state index in [9.17, 15) is 5.11 Å². The van der Waals surface area contributed by atoms with Crippen LogP contribution in [-0.4, -0.2) is 15.2 Å². The van der Waals surface area contributed by atoms with Crippen molar-refractivity contribution in [2.45, 2.75) is 26.2 Å². The maximum absolute atomic E-state index is 9.17. The fourth-order valence-electron chi connectivity index (χ4n) is 1.25. The van der Waals surface area contributed by atoms with Crippen molar-refractivity contribution in [1.29, 1.82) is 0 Å². The predicted molar refractivity (Wildman–Crippen MR) is 60.1 cm³/mol. The number of phenolic OH excluding ortho intramolecular Hbond substituents is 1. The predicted octanol–water partition coefficient (Wildman–Crippen LogP) is 2.74. The Balaban J connectivity index is 2.35. The molecule has 0 spiro atoms. The Bertz CT molecular complexity index is 480. The molecule has 4 nitrogen and oxygen atoms in total. The average molecular weight is 218 g/mol. The van der Waals surface area contributed by atoms with Crippen molar-refractivity contribution < 1.29 is 9.63 Å². The van der Waals surface area contributed by atoms with E-state index in [1.807, 2.05) is 20.8 Å². The first-order valence-electron chi connectivity index (χ1n) is 5.10. The van der Waals surface area contributed by atoms with Crippen LogP contribution in [0.5, 0.6) is 5.75 Å². The van der Waals surface area contributed by atoms with Gasteiger partial charge in [-0.15, -0.1) is 0 Å². The highest BCUT2D eigenvalue weighted by Crippen LogP contribution is 2.24. The van der Waals surface area contributed by atoms with Crippen molar-refractivity contribution >= 4 is 0 Å². The van der Waals surface area contributed by atoms with Crippen LogP contribution in [0.4, 0.5) is 0 Å². The van der Waals surface area contributed by atoms with Gasteiger partial charge in [0.15, 0.2) is 5.82 Å². The van der Waals surface area contributed by atoms with Gasteiger partial charge in [0.05, 0.1) is 0 Å². The molecule has 16 heavy (non-hydrogen) atoms. The summed E-state index contributed by atoms with van der Waals surface area (Å²) >= 11 is 0. The van der Waals surface area contributed by atoms with Gasteiger partial charge < -0.3 is 9.63 Å². The fraction of sp³-hybridized carbons (Fsp3) is 0.333. The van der Waals surface area contributed by atoms with Crippen LogP contribution in [0.25, 0.3) is 11.5 Å². The summed E-state index contributed by atoms with van der Waals surface area (Å²) in [5.41, 5.74) is 0.680. The van der Waals surface area contributed by atoms with Gasteiger partial charge in [-0.25, -0.2) is 0 Å². The summed E-state index contributed by atoms with van der Waals surface area (Å²) in [6.07, 6.45) is 0. The minimum absolute atomic E-state index is 0.126. The molecule has 84 valence electrons. The number of aromatic nitrogens is 2. The Kier molecular flexibility index (Phi) is 2.42. The molecule has 1 aromatic carbocycles. The summed E-state index contributed by atoms with van der Waals surface area (Å²) in [5, 5.41) is 13.1. The van der Waals surface area contributed by atoms with Gasteiger partial charge in [-0.05, 0) is 24.3 Å². The van der Waals surface area contributed by atoms with Crippen LogP contribution in [0.3, 0.4) is 0 Å². The van der Waals surface area contributed by atoms with E-state index in [-0.39, 0.29) is 11.2 Å². The van der Waals surface area contributed by atoms with Crippen LogP contribution < -0.4 is 0 Å². The summed E-state index contributed by atoms with van der Waals surface area (Å²) in [5.74, 6) is 1.37. The lowest BCUT2D eigenvalue weighted by Gasteiger charge is -2.10. The van der Waals surface area contributed by atoms with Crippen LogP contribution in [0.1, 0.15) is 26.6 Å². The van der Waals surface area contributed by atoms with Crippen molar-refractivity contribution in [3.63, 3.8) is 0 Å². The molecule has 0 aliphatic carbocycles. The van der Waals surface area contributed by atoms with Crippen molar-refractivity contribution in [1.82, 2.24) is 10.1 Å². The van der Waals surface area contributed by atoms with E-state index in [4.69, 9.17) is 4.52 Å². The van der Waals surface area contributed by atoms with Crippen molar-refractivity contribution in [2.75, 3.05) is 0 Å². The fourth-order valence-corrected chi connectivity index (χ4v) is 1.25. The van der Waals surface area contributed by atoms with Gasteiger partial charge in [-0.3, -0.25) is 0 Å². The van der Waals surface area contributed by atoms with Crippen LogP contribution in [0, 0.1) is 0 Å². The molecule has 4 heteroatoms. The van der Waals surface area contributed by atoms with E-state index in [1.165, 1.54) is 0 Å². The molecule has 0 aliphatic heterocycles. The van der Waals surface area contributed by atoms with Gasteiger partial charge in [-0.1, -0.05) is 25.9 Å². The Morgan fingerprint density at radius 1 is 1.12 bits per heavy atom. The van der Waals surface area contributed by atoms with Crippen LogP contribution in [0.2, 0.25) is 0 Å². The molecule has 0 unspecified atom stereocenters. The third-order valence-electron chi connectivity index (χ3n) is 2.21. The van der Waals surface area contributed by atoms with E-state index in [1.54, 1.807) is 24.3 Å². The normalized spacial score (nSPS) is 11.7. The standard InChI is InChI=1S/C12H14N2O2/c1-12(2,3)11-13-10(16-14-11)8-4-6-9(15)7-5-8/h4-7,15H,1-3H3. The highest BCUT2D eigenvalue weighted by atomic mass is 16.5. The number of hydrogen-bond acceptors (Lipinski definition) is 4. The number of phenols is 1. The first kappa shape index (κ1) is 10.7. The third-order valence-corrected chi connectivity index (χ3v) is 2.21. The Morgan fingerprint density at radius 3 is 2.25 bits per heavy atom. The highest BCUT2D eigenvalue weighted by Gasteiger charge is 2.21. The Hall–Kier alpha value is -1.84. The second-order valence-corrected chi connectivity index (χ2v) is 4.72. The van der Waals surface area contributed by atoms with Crippen molar-refractivity contribution in [2.24, 2.45) is 0 Å². The summed E-state index contributed by atoms with van der Waals surface area (Å²) in [4.78, 5) is 4.32. The van der Waals surface area contributed by atoms with Crippen molar-refractivity contribution in [3.05, 3.63) is 30.1 Å². The minimum Gasteiger partial charge on any atom is -0.508 e. The molecule has 2 aromatic rings. The van der Waals surface area contributed by atoms with Gasteiger partial charge in [0.2, 0.25) is 0 Å². The summed E-state index contributed by atoms with van der Waals surface area (Å²) < 4.78 is 5.17. The Labute approximate surface area is 93.9 Å². The summed E-state index contributed by atoms with van der Waals surface area (Å²) in [7, 11) is 0. The zero-order valence-electron chi connectivity index (χ0n) is 9.56. The SMILES string of the molecule is CC(C)(C)c1noc(-c2ccc(O)cc2)n1. The zero-order chi connectivity index (χ0) is 11.8. The lowest BCUT2D eigenvalue weighted by molar-refractivity contribution is 0.402. The highest BCUT2D eigenvalue weighted by molar-refractivity contribution is 5.54. The van der Waals surface area contributed by atoms with E-state index >= 15 is 0 Å². The third kappa shape index (κ3) is 2.05. The monoisotopic (exact) mass is 218 g/mol. The molecule has 0 saturated heterocycles. The van der Waals surface area contributed by atoms with Gasteiger partial charge in [0, 0.05) is 11.0 Å². The molecule has 0 radical (unpaired) electrons. The van der Waals surface area contributed by atoms with Gasteiger partial charge in [-0.2, -0.15) is 4.98 Å². The topological polar surface area (TPSA) is 59.2 Å². The van der Waals surface area contributed by atoms with Gasteiger partial charge in [0.25, 0.3) is 5.89 Å². The van der Waals surface area contributed by atoms with E-state index in [0.29, 0.717) is 11.7 Å². The van der Waals surface area contributed by atoms with E-state index in [2.05, 4.69) is 10.1 Å². The molecule has 0 aliphatic rings. The molecule has 1 N–H and O–H groups in total. The maximum Gasteiger partial charge on any atom is 0.257 e. The van der Waals surface area contributed by atoms with Crippen molar-refractivity contribution in [3.8, 4) is 17.2 Å². The molecule has 0 atom stereocenters. The number of hydrogen-bond donors (Lipinski definition) is 1. The molecule has 0 fully saturated rings. The average Bonchev–Trinajstić information content (AvgIpc) is 2.67. The van der Waals surface area contributed by atoms with Gasteiger partial charge >= 0.3 is 0 Å². The molecule has 0 saturated carbocycles. The second kappa shape index (κ2) is 3.63. The lowest BCUT2D eigenvalue weighted by Crippen LogP contribution is -2.13. The molecule has 1 heterocycles. The van der Waals surface area contributed by atoms with E-state index < -0.39 is 0 Å². The molecule has 2 rings (SSSR count). The van der Waals surface area contributed by atoms with Crippen LogP contribution in [0.15, 0.2) is 28.8 Å². The number of benzene rings is 1. The van der Waals surface area contributed by atoms with Gasteiger partial charge in [0.1, 0.15) is 5.75 Å². The molecular formula is C12H14N2O2. The smallest absolute Gasteiger partial charge is 0.257 e. The maximum atomic E-state index is 9.17. The first-order valence-corrected chi connectivity index (χ1v) is 5.10. The van der Waals surface area contributed by atoms with Crippen LogP contribution >= 0.6 is 0 Å². The molecular weight excluding hydrogens is 204 g/mol. The summed E-state index contributed by atoms with van der Waals surface area (Å²) in [6.45, 7) is 6.08. The first-order chi connectivity index (χ1) is 7.47. The molecule has 1 aromatic heterocycles. The number of rotatable bonds is 1. The zero-order valence-corrected chi connectivity index (χ0v) is 9.56. The minimum atomic E-state index is -0.126.